The molecule has 3 aromatic heterocycles. The highest BCUT2D eigenvalue weighted by molar-refractivity contribution is 5.84. The van der Waals surface area contributed by atoms with E-state index in [-0.39, 0.29) is 5.54 Å². The lowest BCUT2D eigenvalue weighted by atomic mass is 9.89. The molecule has 3 N–H and O–H groups in total. The summed E-state index contributed by atoms with van der Waals surface area (Å²) in [7, 11) is 0. The van der Waals surface area contributed by atoms with Gasteiger partial charge in [0, 0.05) is 23.2 Å². The van der Waals surface area contributed by atoms with Crippen molar-refractivity contribution < 1.29 is 0 Å². The minimum Gasteiger partial charge on any atom is -0.345 e. The quantitative estimate of drug-likeness (QED) is 0.523. The fourth-order valence-electron chi connectivity index (χ4n) is 4.49. The molecule has 1 fully saturated rings. The Morgan fingerprint density at radius 3 is 2.50 bits per heavy atom. The Bertz CT molecular complexity index is 1120. The summed E-state index contributed by atoms with van der Waals surface area (Å²) in [5, 5.41) is 0. The van der Waals surface area contributed by atoms with E-state index in [0.29, 0.717) is 5.92 Å². The maximum atomic E-state index is 6.25. The molecular weight excluding hydrogens is 346 g/mol. The Labute approximate surface area is 165 Å². The number of aromatic nitrogens is 4. The maximum absolute atomic E-state index is 6.25. The average Bonchev–Trinajstić information content (AvgIpc) is 3.32. The Balaban J connectivity index is 1.71. The highest BCUT2D eigenvalue weighted by Gasteiger charge is 2.24. The van der Waals surface area contributed by atoms with Crippen LogP contribution in [0.2, 0.25) is 0 Å². The summed E-state index contributed by atoms with van der Waals surface area (Å²) in [5.74, 6) is 1.69. The standard InChI is InChI=1S/C23H27N5/c1-23(2,24)17-10-8-15(9-11-17)20-19-14-26-21-18(12-13-25-21)28(19)22(27-20)16-6-4-3-5-7-16/h8-14,16,25H,3-7,24H2,1-2H3. The molecular formula is C23H27N5. The van der Waals surface area contributed by atoms with Gasteiger partial charge in [-0.2, -0.15) is 0 Å². The van der Waals surface area contributed by atoms with E-state index in [1.54, 1.807) is 0 Å². The predicted molar refractivity (Wildman–Crippen MR) is 113 cm³/mol. The monoisotopic (exact) mass is 373 g/mol. The molecule has 0 bridgehead atoms. The van der Waals surface area contributed by atoms with E-state index in [4.69, 9.17) is 10.7 Å². The number of hydrogen-bond acceptors (Lipinski definition) is 3. The van der Waals surface area contributed by atoms with Crippen LogP contribution in [0.5, 0.6) is 0 Å². The van der Waals surface area contributed by atoms with Crippen LogP contribution in [0.15, 0.2) is 42.7 Å². The Morgan fingerprint density at radius 1 is 1.04 bits per heavy atom. The number of H-pyrrole nitrogens is 1. The van der Waals surface area contributed by atoms with E-state index in [2.05, 4.69) is 44.7 Å². The lowest BCUT2D eigenvalue weighted by molar-refractivity contribution is 0.429. The van der Waals surface area contributed by atoms with Crippen LogP contribution < -0.4 is 5.73 Å². The number of nitrogens with two attached hydrogens (primary N) is 1. The minimum atomic E-state index is -0.346. The van der Waals surface area contributed by atoms with Crippen molar-refractivity contribution in [1.29, 1.82) is 0 Å². The Morgan fingerprint density at radius 2 is 1.79 bits per heavy atom. The number of nitrogens with one attached hydrogen (secondary N) is 1. The molecule has 0 radical (unpaired) electrons. The summed E-state index contributed by atoms with van der Waals surface area (Å²) in [4.78, 5) is 13.1. The van der Waals surface area contributed by atoms with E-state index < -0.39 is 0 Å². The van der Waals surface area contributed by atoms with Gasteiger partial charge in [-0.3, -0.25) is 4.40 Å². The molecule has 5 rings (SSSR count). The van der Waals surface area contributed by atoms with Gasteiger partial charge in [-0.1, -0.05) is 43.5 Å². The molecule has 0 atom stereocenters. The van der Waals surface area contributed by atoms with Crippen LogP contribution in [0, 0.1) is 0 Å². The molecule has 1 aliphatic rings. The van der Waals surface area contributed by atoms with Crippen molar-refractivity contribution in [3.63, 3.8) is 0 Å². The number of hydrogen-bond donors (Lipinski definition) is 2. The predicted octanol–water partition coefficient (Wildman–Crippen LogP) is 5.12. The van der Waals surface area contributed by atoms with E-state index in [1.807, 2.05) is 26.2 Å². The molecule has 144 valence electrons. The second-order valence-electron chi connectivity index (χ2n) is 8.64. The summed E-state index contributed by atoms with van der Waals surface area (Å²) in [6, 6.07) is 10.6. The number of rotatable bonds is 3. The number of fused-ring (bicyclic) bond motifs is 3. The number of nitrogens with zero attached hydrogens (tertiary/aromatic N) is 3. The zero-order valence-electron chi connectivity index (χ0n) is 16.6. The van der Waals surface area contributed by atoms with Gasteiger partial charge in [0.2, 0.25) is 0 Å². The van der Waals surface area contributed by atoms with Gasteiger partial charge in [0.1, 0.15) is 5.82 Å². The highest BCUT2D eigenvalue weighted by Crippen LogP contribution is 2.37. The maximum Gasteiger partial charge on any atom is 0.154 e. The number of imidazole rings is 1. The molecule has 3 heterocycles. The van der Waals surface area contributed by atoms with Crippen LogP contribution in [0.25, 0.3) is 27.9 Å². The summed E-state index contributed by atoms with van der Waals surface area (Å²) < 4.78 is 2.32. The molecule has 5 heteroatoms. The van der Waals surface area contributed by atoms with E-state index in [1.165, 1.54) is 37.9 Å². The molecule has 1 aliphatic carbocycles. The lowest BCUT2D eigenvalue weighted by Gasteiger charge is -2.20. The smallest absolute Gasteiger partial charge is 0.154 e. The Kier molecular flexibility index (Phi) is 4.02. The molecule has 28 heavy (non-hydrogen) atoms. The van der Waals surface area contributed by atoms with Crippen molar-refractivity contribution in [2.45, 2.75) is 57.4 Å². The summed E-state index contributed by atoms with van der Waals surface area (Å²) in [5.41, 5.74) is 12.3. The fourth-order valence-corrected chi connectivity index (χ4v) is 4.49. The van der Waals surface area contributed by atoms with Crippen molar-refractivity contribution in [1.82, 2.24) is 19.4 Å². The van der Waals surface area contributed by atoms with Gasteiger partial charge in [-0.25, -0.2) is 9.97 Å². The third kappa shape index (κ3) is 2.81. The van der Waals surface area contributed by atoms with Crippen LogP contribution >= 0.6 is 0 Å². The zero-order chi connectivity index (χ0) is 19.3. The number of benzene rings is 1. The normalized spacial score (nSPS) is 16.2. The van der Waals surface area contributed by atoms with Gasteiger partial charge < -0.3 is 10.7 Å². The molecule has 0 spiro atoms. The molecule has 1 saturated carbocycles. The van der Waals surface area contributed by atoms with Crippen molar-refractivity contribution in [3.05, 3.63) is 54.1 Å². The van der Waals surface area contributed by atoms with Crippen molar-refractivity contribution in [3.8, 4) is 11.3 Å². The molecule has 0 unspecified atom stereocenters. The van der Waals surface area contributed by atoms with Crippen molar-refractivity contribution in [2.24, 2.45) is 5.73 Å². The SMILES string of the molecule is CC(C)(N)c1ccc(-c2nc(C3CCCCC3)n3c2cnc2[nH]ccc23)cc1. The first-order valence-corrected chi connectivity index (χ1v) is 10.3. The largest absolute Gasteiger partial charge is 0.345 e. The highest BCUT2D eigenvalue weighted by atomic mass is 15.1. The third-order valence-corrected chi connectivity index (χ3v) is 6.07. The second kappa shape index (κ2) is 6.45. The van der Waals surface area contributed by atoms with Crippen LogP contribution in [-0.2, 0) is 5.54 Å². The topological polar surface area (TPSA) is 72.0 Å². The van der Waals surface area contributed by atoms with Crippen molar-refractivity contribution in [2.75, 3.05) is 0 Å². The third-order valence-electron chi connectivity index (χ3n) is 6.07. The van der Waals surface area contributed by atoms with Gasteiger partial charge in [0.25, 0.3) is 0 Å². The fraction of sp³-hybridized carbons (Fsp3) is 0.391. The second-order valence-corrected chi connectivity index (χ2v) is 8.64. The first kappa shape index (κ1) is 17.4. The van der Waals surface area contributed by atoms with Gasteiger partial charge in [0.15, 0.2) is 5.65 Å². The summed E-state index contributed by atoms with van der Waals surface area (Å²) in [6.07, 6.45) is 10.3. The first-order valence-electron chi connectivity index (χ1n) is 10.3. The molecule has 0 saturated heterocycles. The summed E-state index contributed by atoms with van der Waals surface area (Å²) in [6.45, 7) is 4.06. The Hall–Kier alpha value is -2.66. The van der Waals surface area contributed by atoms with Crippen LogP contribution in [0.1, 0.15) is 63.3 Å². The van der Waals surface area contributed by atoms with E-state index in [9.17, 15) is 0 Å². The van der Waals surface area contributed by atoms with Crippen LogP contribution in [0.3, 0.4) is 0 Å². The van der Waals surface area contributed by atoms with E-state index in [0.717, 1.165) is 33.5 Å². The number of aromatic amines is 1. The first-order chi connectivity index (χ1) is 13.5. The lowest BCUT2D eigenvalue weighted by Crippen LogP contribution is -2.28. The molecule has 0 amide bonds. The van der Waals surface area contributed by atoms with Gasteiger partial charge in [-0.15, -0.1) is 0 Å². The van der Waals surface area contributed by atoms with Gasteiger partial charge in [-0.05, 0) is 38.3 Å². The molecule has 4 aromatic rings. The summed E-state index contributed by atoms with van der Waals surface area (Å²) >= 11 is 0. The molecule has 0 aliphatic heterocycles. The van der Waals surface area contributed by atoms with Crippen LogP contribution in [0.4, 0.5) is 0 Å². The molecule has 5 nitrogen and oxygen atoms in total. The minimum absolute atomic E-state index is 0.346. The van der Waals surface area contributed by atoms with Crippen molar-refractivity contribution >= 4 is 16.7 Å². The molecule has 1 aromatic carbocycles. The van der Waals surface area contributed by atoms with Gasteiger partial charge in [0.05, 0.1) is 22.9 Å². The van der Waals surface area contributed by atoms with Crippen LogP contribution in [-0.4, -0.2) is 19.4 Å². The van der Waals surface area contributed by atoms with E-state index >= 15 is 0 Å². The van der Waals surface area contributed by atoms with Gasteiger partial charge >= 0.3 is 0 Å². The average molecular weight is 374 g/mol. The zero-order valence-corrected chi connectivity index (χ0v) is 16.6.